The molecule has 3 aromatic heterocycles. The third-order valence-electron chi connectivity index (χ3n) is 22.8. The molecule has 0 saturated heterocycles. The first kappa shape index (κ1) is 58.0. The summed E-state index contributed by atoms with van der Waals surface area (Å²) in [5.41, 5.74) is 5.89. The highest BCUT2D eigenvalue weighted by molar-refractivity contribution is 6.33. The van der Waals surface area contributed by atoms with E-state index in [1.54, 1.807) is 102 Å². The van der Waals surface area contributed by atoms with Gasteiger partial charge in [0.2, 0.25) is 0 Å². The molecule has 0 spiro atoms. The zero-order chi connectivity index (χ0) is 92.9. The number of para-hydroxylation sites is 6. The number of hydrogen-bond acceptors (Lipinski definition) is 6. The Balaban J connectivity index is 0.000000118. The molecule has 0 radical (unpaired) electrons. The van der Waals surface area contributed by atoms with Gasteiger partial charge in [0.05, 0.1) is 41.3 Å². The average Bonchev–Trinajstić information content (AvgIpc) is 0.737. The molecule has 6 nitrogen and oxygen atoms in total. The molecule has 0 aliphatic heterocycles. The third kappa shape index (κ3) is 12.2. The van der Waals surface area contributed by atoms with Crippen LogP contribution in [0.15, 0.2) is 413 Å². The summed E-state index contributed by atoms with van der Waals surface area (Å²) >= 11 is 0. The van der Waals surface area contributed by atoms with Crippen LogP contribution in [0.1, 0.15) is 19.2 Å². The summed E-state index contributed by atoms with van der Waals surface area (Å²) < 4.78 is 186. The zero-order valence-electron chi connectivity index (χ0n) is 77.9. The van der Waals surface area contributed by atoms with E-state index < -0.39 is 94.9 Å². The highest BCUT2D eigenvalue weighted by Gasteiger charge is 2.33. The maximum Gasteiger partial charge on any atom is 0.186 e. The summed E-state index contributed by atoms with van der Waals surface area (Å²) in [6.45, 7) is 0. The Bertz CT molecular complexity index is 8410. The molecule has 0 atom stereocenters. The molecule has 0 fully saturated rings. The molecule has 0 saturated carbocycles. The van der Waals surface area contributed by atoms with Gasteiger partial charge in [-0.05, 0) is 242 Å². The lowest BCUT2D eigenvalue weighted by Crippen LogP contribution is -2.16. The number of aromatic nitrogens is 3. The van der Waals surface area contributed by atoms with E-state index in [-0.39, 0.29) is 52.5 Å². The van der Waals surface area contributed by atoms with Gasteiger partial charge in [0.25, 0.3) is 0 Å². The molecule has 121 heavy (non-hydrogen) atoms. The monoisotopic (exact) mass is 1570 g/mol. The normalized spacial score (nSPS) is 13.3. The van der Waals surface area contributed by atoms with Crippen molar-refractivity contribution in [2.75, 3.05) is 14.7 Å². The Morgan fingerprint density at radius 2 is 0.521 bits per heavy atom. The number of rotatable bonds is 12. The second kappa shape index (κ2) is 29.7. The van der Waals surface area contributed by atoms with E-state index in [0.717, 1.165) is 152 Å². The first-order valence-corrected chi connectivity index (χ1v) is 39.2. The summed E-state index contributed by atoms with van der Waals surface area (Å²) in [4.78, 5) is 18.1. The fraction of sp³-hybridized carbons (Fsp3) is 0. The number of hydrogen-bond donors (Lipinski definition) is 0. The topological polar surface area (TPSA) is 48.4 Å². The van der Waals surface area contributed by atoms with Gasteiger partial charge >= 0.3 is 0 Å². The SMILES string of the molecule is Fc1c(F)c(N(c2ccccc2)c2ccccc2)c(F)c(F)c1-c1ccc2ccc3cc4cccnc4c4ccc1c2c34.[2H]c1c([2H])c(N(c2ccccc2)c2ccccc2)c([2H])c([2H])c1-c1ccc2ccc3cc4cccnc4c4ccc1c2c34.[2H]c1c([2H])c([2H])c(N(c2ccc(-c3ccc4ccc5cc6cccnc6c6ccc3c4c56)cc2)c2c([2H])c([2H])c([2H])c([2H])c2[2H])c([2H])c1[2H]. The summed E-state index contributed by atoms with van der Waals surface area (Å²) in [6, 6.07) is 90.2. The minimum Gasteiger partial charge on any atom is -0.311 e. The molecule has 0 unspecified atom stereocenters. The van der Waals surface area contributed by atoms with Gasteiger partial charge in [-0.2, -0.15) is 0 Å². The van der Waals surface area contributed by atoms with E-state index in [4.69, 9.17) is 13.7 Å². The number of pyridine rings is 3. The summed E-state index contributed by atoms with van der Waals surface area (Å²) in [7, 11) is 0. The Morgan fingerprint density at radius 1 is 0.215 bits per heavy atom. The van der Waals surface area contributed by atoms with Crippen molar-refractivity contribution < 1.29 is 36.8 Å². The molecule has 10 heteroatoms. The van der Waals surface area contributed by atoms with Gasteiger partial charge in [0, 0.05) is 96.4 Å². The van der Waals surface area contributed by atoms with Crippen molar-refractivity contribution in [1.82, 2.24) is 15.0 Å². The van der Waals surface area contributed by atoms with E-state index in [2.05, 4.69) is 87.7 Å². The van der Waals surface area contributed by atoms with Crippen LogP contribution in [0.25, 0.3) is 163 Å². The van der Waals surface area contributed by atoms with Gasteiger partial charge in [0.15, 0.2) is 23.3 Å². The highest BCUT2D eigenvalue weighted by Crippen LogP contribution is 2.50. The lowest BCUT2D eigenvalue weighted by Gasteiger charge is -2.27. The predicted octanol–water partition coefficient (Wildman–Crippen LogP) is 31.4. The van der Waals surface area contributed by atoms with Crippen LogP contribution in [0, 0.1) is 23.3 Å². The number of halogens is 4. The third-order valence-corrected chi connectivity index (χ3v) is 22.8. The lowest BCUT2D eigenvalue weighted by atomic mass is 9.88. The quantitative estimate of drug-likeness (QED) is 0.0526. The largest absolute Gasteiger partial charge is 0.311 e. The molecule has 21 aromatic carbocycles. The second-order valence-corrected chi connectivity index (χ2v) is 29.5. The Hall–Kier alpha value is -15.9. The summed E-state index contributed by atoms with van der Waals surface area (Å²) in [5, 5.41) is 20.6. The molecule has 3 heterocycles. The fourth-order valence-corrected chi connectivity index (χ4v) is 17.5. The lowest BCUT2D eigenvalue weighted by molar-refractivity contribution is 0.461. The summed E-state index contributed by atoms with van der Waals surface area (Å²) in [5.74, 6) is -5.90. The summed E-state index contributed by atoms with van der Waals surface area (Å²) in [6.07, 6.45) is 5.32. The van der Waals surface area contributed by atoms with Gasteiger partial charge in [-0.1, -0.05) is 261 Å². The van der Waals surface area contributed by atoms with Crippen molar-refractivity contribution in [3.8, 4) is 33.4 Å². The van der Waals surface area contributed by atoms with Crippen molar-refractivity contribution >= 4 is 181 Å². The van der Waals surface area contributed by atoms with Gasteiger partial charge < -0.3 is 14.7 Å². The van der Waals surface area contributed by atoms with Gasteiger partial charge in [0.1, 0.15) is 5.69 Å². The highest BCUT2D eigenvalue weighted by atomic mass is 19.2. The molecule has 0 amide bonds. The van der Waals surface area contributed by atoms with Crippen LogP contribution in [0.2, 0.25) is 0 Å². The van der Waals surface area contributed by atoms with E-state index in [1.165, 1.54) is 11.0 Å². The Morgan fingerprint density at radius 3 is 0.917 bits per heavy atom. The maximum atomic E-state index is 16.2. The fourth-order valence-electron chi connectivity index (χ4n) is 17.5. The van der Waals surface area contributed by atoms with Crippen LogP contribution in [-0.2, 0) is 0 Å². The molecule has 24 rings (SSSR count). The van der Waals surface area contributed by atoms with Gasteiger partial charge in [-0.25, -0.2) is 17.6 Å². The van der Waals surface area contributed by atoms with Crippen LogP contribution in [-0.4, -0.2) is 15.0 Å². The van der Waals surface area contributed by atoms with Crippen molar-refractivity contribution in [3.05, 3.63) is 436 Å². The standard InChI is InChI=1S/C37H20F4N2.2C37H24N2/c38-32-31(33(39)35(41)37(34(32)40)43(24-9-3-1-4-10-24)25-11-5-2-6-12-25)27-16-15-21-13-14-22-20-23-8-7-19-42-36(23)28-18-17-26(27)29(21)30(22)28;2*1-3-9-29(10-4-1)39(30-11-5-2-6-12-30)31-18-15-25(16-19-31)32-20-17-26-13-14-27-24-28-8-7-23-38-37(28)34-22-21-33(32)35(26)36(27)34/h1-20H;2*1-24H/i;1D,2D,3D,4D,5D,6D,9D,10D,11D,12D;15D,16D,18D,19D. The second-order valence-electron chi connectivity index (χ2n) is 29.5. The smallest absolute Gasteiger partial charge is 0.186 e. The van der Waals surface area contributed by atoms with Crippen LogP contribution in [0.3, 0.4) is 0 Å². The molecule has 0 aliphatic rings. The molecular formula is C111H68F4N6. The van der Waals surface area contributed by atoms with E-state index in [9.17, 15) is 5.48 Å². The van der Waals surface area contributed by atoms with Gasteiger partial charge in [-0.3, -0.25) is 15.0 Å². The Labute approximate surface area is 712 Å². The molecule has 0 aliphatic carbocycles. The number of nitrogens with zero attached hydrogens (tertiary/aromatic N) is 6. The van der Waals surface area contributed by atoms with Crippen molar-refractivity contribution in [1.29, 1.82) is 0 Å². The number of fused-ring (bicyclic) bond motifs is 6. The molecule has 570 valence electrons. The molecule has 0 bridgehead atoms. The number of anilines is 9. The average molecular weight is 1580 g/mol. The first-order chi connectivity index (χ1) is 65.5. The molecule has 0 N–H and O–H groups in total. The van der Waals surface area contributed by atoms with Crippen molar-refractivity contribution in [2.24, 2.45) is 0 Å². The van der Waals surface area contributed by atoms with Gasteiger partial charge in [-0.15, -0.1) is 0 Å². The molecule has 24 aromatic rings. The van der Waals surface area contributed by atoms with Crippen molar-refractivity contribution in [2.45, 2.75) is 0 Å². The van der Waals surface area contributed by atoms with E-state index in [0.29, 0.717) is 27.9 Å². The van der Waals surface area contributed by atoms with Crippen molar-refractivity contribution in [3.63, 3.8) is 0 Å². The number of benzene rings is 21. The van der Waals surface area contributed by atoms with E-state index in [1.807, 2.05) is 152 Å². The minimum atomic E-state index is -1.48. The van der Waals surface area contributed by atoms with E-state index >= 15 is 17.6 Å². The maximum absolute atomic E-state index is 16.2. The zero-order valence-corrected chi connectivity index (χ0v) is 63.9. The van der Waals surface area contributed by atoms with Crippen LogP contribution in [0.4, 0.5) is 68.7 Å². The van der Waals surface area contributed by atoms with Crippen LogP contribution in [0.5, 0.6) is 0 Å². The first-order valence-electron chi connectivity index (χ1n) is 46.2. The molecular weight excluding hydrogens is 1490 g/mol. The minimum absolute atomic E-state index is 0.0633. The van der Waals surface area contributed by atoms with Crippen LogP contribution < -0.4 is 14.7 Å². The predicted molar refractivity (Wildman–Crippen MR) is 497 cm³/mol. The Kier molecular flexibility index (Phi) is 14.2. The van der Waals surface area contributed by atoms with Crippen LogP contribution >= 0.6 is 0 Å².